The smallest absolute Gasteiger partial charge is 0.355 e. The molecule has 106 valence electrons. The van der Waals surface area contributed by atoms with Gasteiger partial charge in [0.2, 0.25) is 12.1 Å². The highest BCUT2D eigenvalue weighted by Gasteiger charge is 2.38. The van der Waals surface area contributed by atoms with Crippen LogP contribution in [0.4, 0.5) is 11.4 Å². The van der Waals surface area contributed by atoms with Crippen LogP contribution < -0.4 is 5.01 Å². The van der Waals surface area contributed by atoms with Gasteiger partial charge in [-0.1, -0.05) is 6.07 Å². The van der Waals surface area contributed by atoms with Crippen LogP contribution in [0.2, 0.25) is 0 Å². The summed E-state index contributed by atoms with van der Waals surface area (Å²) in [6.45, 7) is 0.143. The lowest BCUT2D eigenvalue weighted by molar-refractivity contribution is -0.384. The normalized spacial score (nSPS) is 16.4. The first-order valence-corrected chi connectivity index (χ1v) is 5.66. The Kier molecular flexibility index (Phi) is 3.53. The second-order valence-corrected chi connectivity index (χ2v) is 4.10. The Labute approximate surface area is 112 Å². The Bertz CT molecular complexity index is 575. The van der Waals surface area contributed by atoms with E-state index in [1.54, 1.807) is 0 Å². The number of anilines is 1. The van der Waals surface area contributed by atoms with E-state index < -0.39 is 23.0 Å². The van der Waals surface area contributed by atoms with E-state index in [-0.39, 0.29) is 24.3 Å². The quantitative estimate of drug-likeness (QED) is 0.585. The van der Waals surface area contributed by atoms with Gasteiger partial charge in [0.25, 0.3) is 5.69 Å². The molecule has 9 heteroatoms. The Morgan fingerprint density at radius 3 is 2.75 bits per heavy atom. The molecule has 20 heavy (non-hydrogen) atoms. The van der Waals surface area contributed by atoms with E-state index in [4.69, 9.17) is 5.11 Å². The summed E-state index contributed by atoms with van der Waals surface area (Å²) in [5, 5.41) is 30.9. The number of carbonyl (C=O) groups excluding carboxylic acids is 1. The summed E-state index contributed by atoms with van der Waals surface area (Å²) in [5.74, 6) is -2.14. The molecule has 1 aliphatic heterocycles. The molecule has 0 aromatic heterocycles. The number of benzene rings is 1. The van der Waals surface area contributed by atoms with Crippen molar-refractivity contribution in [1.82, 2.24) is 5.01 Å². The van der Waals surface area contributed by atoms with Gasteiger partial charge >= 0.3 is 5.97 Å². The third-order valence-electron chi connectivity index (χ3n) is 2.84. The van der Waals surface area contributed by atoms with Gasteiger partial charge in [-0.05, 0) is 6.07 Å². The number of nitro groups is 1. The summed E-state index contributed by atoms with van der Waals surface area (Å²) in [5.41, 5.74) is 0.0805. The molecular formula is C11H11N3O6. The number of hydrogen-bond donors (Lipinski definition) is 2. The third-order valence-corrected chi connectivity index (χ3v) is 2.84. The highest BCUT2D eigenvalue weighted by Crippen LogP contribution is 2.27. The van der Waals surface area contributed by atoms with Gasteiger partial charge < -0.3 is 10.2 Å². The Balaban J connectivity index is 2.35. The van der Waals surface area contributed by atoms with Gasteiger partial charge in [0.05, 0.1) is 10.6 Å². The fourth-order valence-electron chi connectivity index (χ4n) is 1.95. The number of hydrazine groups is 1. The van der Waals surface area contributed by atoms with E-state index in [0.29, 0.717) is 5.01 Å². The van der Waals surface area contributed by atoms with Crippen molar-refractivity contribution in [2.45, 2.75) is 12.6 Å². The molecule has 1 heterocycles. The molecule has 0 saturated carbocycles. The number of rotatable bonds is 4. The van der Waals surface area contributed by atoms with Crippen LogP contribution in [0.15, 0.2) is 24.3 Å². The maximum absolute atomic E-state index is 11.6. The number of carboxylic acids is 1. The van der Waals surface area contributed by atoms with E-state index in [1.165, 1.54) is 29.3 Å². The molecule has 1 saturated heterocycles. The van der Waals surface area contributed by atoms with E-state index >= 15 is 0 Å². The lowest BCUT2D eigenvalue weighted by atomic mass is 10.2. The van der Waals surface area contributed by atoms with Gasteiger partial charge in [0, 0.05) is 25.1 Å². The fraction of sp³-hybridized carbons (Fsp3) is 0.273. The summed E-state index contributed by atoms with van der Waals surface area (Å²) in [4.78, 5) is 32.6. The largest absolute Gasteiger partial charge is 0.478 e. The van der Waals surface area contributed by atoms with Crippen molar-refractivity contribution in [3.8, 4) is 0 Å². The van der Waals surface area contributed by atoms with Crippen LogP contribution in [0.5, 0.6) is 0 Å². The highest BCUT2D eigenvalue weighted by atomic mass is 16.6. The monoisotopic (exact) mass is 281 g/mol. The molecule has 1 amide bonds. The SMILES string of the molecule is O=C(O)C(O)N1C(=O)CCN1c1cccc([N+](=O)[O-])c1. The van der Waals surface area contributed by atoms with Gasteiger partial charge in [-0.15, -0.1) is 0 Å². The van der Waals surface area contributed by atoms with Crippen molar-refractivity contribution >= 4 is 23.3 Å². The van der Waals surface area contributed by atoms with Crippen LogP contribution >= 0.6 is 0 Å². The second-order valence-electron chi connectivity index (χ2n) is 4.10. The molecule has 0 bridgehead atoms. The number of carbonyl (C=O) groups is 2. The van der Waals surface area contributed by atoms with Crippen LogP contribution in [0.1, 0.15) is 6.42 Å². The molecule has 1 unspecified atom stereocenters. The van der Waals surface area contributed by atoms with Crippen LogP contribution in [0.3, 0.4) is 0 Å². The molecular weight excluding hydrogens is 270 g/mol. The van der Waals surface area contributed by atoms with Gasteiger partial charge in [-0.3, -0.25) is 19.9 Å². The minimum Gasteiger partial charge on any atom is -0.478 e. The van der Waals surface area contributed by atoms with Gasteiger partial charge in [-0.25, -0.2) is 9.80 Å². The molecule has 1 fully saturated rings. The third kappa shape index (κ3) is 2.38. The van der Waals surface area contributed by atoms with E-state index in [9.17, 15) is 24.8 Å². The fourth-order valence-corrected chi connectivity index (χ4v) is 1.95. The van der Waals surface area contributed by atoms with Gasteiger partial charge in [0.15, 0.2) is 0 Å². The lowest BCUT2D eigenvalue weighted by Gasteiger charge is -2.31. The van der Waals surface area contributed by atoms with E-state index in [1.807, 2.05) is 0 Å². The molecule has 2 N–H and O–H groups in total. The number of carboxylic acid groups (broad SMARTS) is 1. The average molecular weight is 281 g/mol. The molecule has 1 aliphatic rings. The molecule has 1 aromatic carbocycles. The number of aliphatic hydroxyl groups excluding tert-OH is 1. The first kappa shape index (κ1) is 13.7. The van der Waals surface area contributed by atoms with Gasteiger partial charge in [-0.2, -0.15) is 0 Å². The maximum atomic E-state index is 11.6. The number of nitro benzene ring substituents is 1. The predicted octanol–water partition coefficient (Wildman–Crippen LogP) is -0.0485. The number of aliphatic hydroxyl groups is 1. The molecule has 1 atom stereocenters. The molecule has 0 radical (unpaired) electrons. The number of nitrogens with zero attached hydrogens (tertiary/aromatic N) is 3. The lowest BCUT2D eigenvalue weighted by Crippen LogP contribution is -2.50. The number of amides is 1. The standard InChI is InChI=1S/C11H11N3O6/c15-9-4-5-12(13(9)10(16)11(17)18)7-2-1-3-8(6-7)14(19)20/h1-3,6,10,16H,4-5H2,(H,17,18). The average Bonchev–Trinajstić information content (AvgIpc) is 2.79. The number of aliphatic carboxylic acids is 1. The zero-order valence-electron chi connectivity index (χ0n) is 10.2. The van der Waals surface area contributed by atoms with Crippen LogP contribution in [-0.4, -0.2) is 44.8 Å². The number of non-ortho nitro benzene ring substituents is 1. The van der Waals surface area contributed by atoms with Crippen LogP contribution in [0, 0.1) is 10.1 Å². The van der Waals surface area contributed by atoms with Gasteiger partial charge in [0.1, 0.15) is 0 Å². The summed E-state index contributed by atoms with van der Waals surface area (Å²) in [6, 6.07) is 5.40. The Hall–Kier alpha value is -2.68. The topological polar surface area (TPSA) is 124 Å². The molecule has 1 aromatic rings. The zero-order valence-corrected chi connectivity index (χ0v) is 10.2. The molecule has 0 spiro atoms. The minimum atomic E-state index is -2.02. The van der Waals surface area contributed by atoms with Crippen molar-refractivity contribution in [2.24, 2.45) is 0 Å². The summed E-state index contributed by atoms with van der Waals surface area (Å²) < 4.78 is 0. The molecule has 0 aliphatic carbocycles. The van der Waals surface area contributed by atoms with Crippen molar-refractivity contribution in [2.75, 3.05) is 11.6 Å². The number of hydrogen-bond acceptors (Lipinski definition) is 6. The highest BCUT2D eigenvalue weighted by molar-refractivity contribution is 5.86. The first-order chi connectivity index (χ1) is 9.41. The van der Waals surface area contributed by atoms with E-state index in [2.05, 4.69) is 0 Å². The van der Waals surface area contributed by atoms with Crippen molar-refractivity contribution in [1.29, 1.82) is 0 Å². The molecule has 2 rings (SSSR count). The predicted molar refractivity (Wildman–Crippen MR) is 65.5 cm³/mol. The van der Waals surface area contributed by atoms with E-state index in [0.717, 1.165) is 0 Å². The maximum Gasteiger partial charge on any atom is 0.355 e. The van der Waals surface area contributed by atoms with Crippen molar-refractivity contribution in [3.63, 3.8) is 0 Å². The summed E-state index contributed by atoms with van der Waals surface area (Å²) in [6.07, 6.45) is -2.00. The Morgan fingerprint density at radius 1 is 1.45 bits per heavy atom. The summed E-state index contributed by atoms with van der Waals surface area (Å²) in [7, 11) is 0. The second kappa shape index (κ2) is 5.13. The first-order valence-electron chi connectivity index (χ1n) is 5.66. The van der Waals surface area contributed by atoms with Crippen molar-refractivity contribution in [3.05, 3.63) is 34.4 Å². The van der Waals surface area contributed by atoms with Crippen molar-refractivity contribution < 1.29 is 24.7 Å². The molecule has 9 nitrogen and oxygen atoms in total. The minimum absolute atomic E-state index is 0.0209. The zero-order chi connectivity index (χ0) is 14.9. The Morgan fingerprint density at radius 2 is 2.15 bits per heavy atom. The summed E-state index contributed by atoms with van der Waals surface area (Å²) >= 11 is 0. The van der Waals surface area contributed by atoms with Crippen LogP contribution in [0.25, 0.3) is 0 Å². The van der Waals surface area contributed by atoms with Crippen LogP contribution in [-0.2, 0) is 9.59 Å².